The van der Waals surface area contributed by atoms with E-state index in [2.05, 4.69) is 65.5 Å². The van der Waals surface area contributed by atoms with Crippen molar-refractivity contribution >= 4 is 83.6 Å². The monoisotopic (exact) mass is 1210 g/mol. The van der Waals surface area contributed by atoms with Gasteiger partial charge in [0.2, 0.25) is 59.1 Å². The second kappa shape index (κ2) is 36.5. The number of nitrogens with two attached hydrogens (primary N) is 4. The summed E-state index contributed by atoms with van der Waals surface area (Å²) in [6, 6.07) is -3.07. The number of thiol groups is 1. The van der Waals surface area contributed by atoms with E-state index in [1.165, 1.54) is 55.5 Å². The first-order valence-electron chi connectivity index (χ1n) is 27.7. The summed E-state index contributed by atoms with van der Waals surface area (Å²) in [6.45, 7) is 10.5. The maximum atomic E-state index is 14.6. The number of hydrogen-bond acceptors (Lipinski definition) is 17. The van der Waals surface area contributed by atoms with Crippen molar-refractivity contribution in [2.45, 2.75) is 160 Å². The van der Waals surface area contributed by atoms with Crippen molar-refractivity contribution < 1.29 is 73.2 Å². The third kappa shape index (κ3) is 26.1. The van der Waals surface area contributed by atoms with Crippen molar-refractivity contribution in [3.8, 4) is 11.5 Å². The lowest BCUT2D eigenvalue weighted by molar-refractivity contribution is -0.142. The summed E-state index contributed by atoms with van der Waals surface area (Å²) < 4.78 is 0. The summed E-state index contributed by atoms with van der Waals surface area (Å²) in [6.07, 6.45) is -1.10. The van der Waals surface area contributed by atoms with E-state index in [1.54, 1.807) is 41.5 Å². The van der Waals surface area contributed by atoms with Crippen molar-refractivity contribution in [1.82, 2.24) is 47.9 Å². The molecule has 85 heavy (non-hydrogen) atoms. The Kier molecular flexibility index (Phi) is 31.2. The lowest BCUT2D eigenvalue weighted by Gasteiger charge is -2.29. The number of aliphatic hydroxyl groups is 1. The number of hydrogen-bond donors (Lipinski definition) is 18. The molecule has 0 heterocycles. The molecule has 0 fully saturated rings. The molecule has 0 spiro atoms. The zero-order valence-corrected chi connectivity index (χ0v) is 49.8. The molecule has 0 aromatic heterocycles. The van der Waals surface area contributed by atoms with Crippen LogP contribution in [-0.2, 0) is 65.6 Å². The van der Waals surface area contributed by atoms with Gasteiger partial charge in [0.1, 0.15) is 65.9 Å². The van der Waals surface area contributed by atoms with Crippen LogP contribution in [0.5, 0.6) is 11.5 Å². The Balaban J connectivity index is 2.49. The van der Waals surface area contributed by atoms with E-state index < -0.39 is 151 Å². The minimum atomic E-state index is -1.78. The fourth-order valence-electron chi connectivity index (χ4n) is 8.12. The van der Waals surface area contributed by atoms with Crippen LogP contribution >= 0.6 is 12.6 Å². The molecule has 10 amide bonds. The van der Waals surface area contributed by atoms with Gasteiger partial charge in [-0.25, -0.2) is 4.79 Å². The average molecular weight is 1220 g/mol. The summed E-state index contributed by atoms with van der Waals surface area (Å²) in [5.41, 5.74) is 23.3. The number of nitrogens with zero attached hydrogens (tertiary/aromatic N) is 1. The highest BCUT2D eigenvalue weighted by atomic mass is 32.1. The van der Waals surface area contributed by atoms with E-state index in [0.29, 0.717) is 11.1 Å². The number of primary amides is 1. The second-order valence-electron chi connectivity index (χ2n) is 21.3. The molecule has 29 nitrogen and oxygen atoms in total. The Morgan fingerprint density at radius 1 is 0.541 bits per heavy atom. The van der Waals surface area contributed by atoms with Crippen LogP contribution in [0.2, 0.25) is 0 Å². The Bertz CT molecular complexity index is 2620. The van der Waals surface area contributed by atoms with Gasteiger partial charge in [-0.1, -0.05) is 72.2 Å². The third-order valence-electron chi connectivity index (χ3n) is 13.4. The van der Waals surface area contributed by atoms with Crippen molar-refractivity contribution in [2.24, 2.45) is 45.7 Å². The zero-order valence-electron chi connectivity index (χ0n) is 48.9. The van der Waals surface area contributed by atoms with Gasteiger partial charge < -0.3 is 91.2 Å². The number of aromatic hydroxyl groups is 2. The SMILES string of the molecule is CC[C@H](C)[C@H](NC(=O)[C@H](Cc1ccc(O)cc1)NC(=O)[C@H](CCC(N)=O)NC(=O)[C@H](CO)NC(=O)[C@H](Cc1ccc(O)cc1)NC(=O)[C@@H](N)C(C)C)C(=O)N[C@@H](CCCN=C(N)N)C(=O)N[C@@H](C)C(=O)N[C@@H](CS)C(=O)N[C@@H](CC(C)C)C(=O)O. The van der Waals surface area contributed by atoms with Crippen LogP contribution in [0.25, 0.3) is 0 Å². The molecule has 0 aliphatic carbocycles. The molecule has 30 heteroatoms. The zero-order chi connectivity index (χ0) is 64.2. The van der Waals surface area contributed by atoms with Crippen LogP contribution in [0.15, 0.2) is 53.5 Å². The lowest BCUT2D eigenvalue weighted by Crippen LogP contribution is -2.62. The largest absolute Gasteiger partial charge is 0.508 e. The van der Waals surface area contributed by atoms with E-state index in [4.69, 9.17) is 22.9 Å². The maximum Gasteiger partial charge on any atom is 0.326 e. The molecule has 2 aromatic carbocycles. The van der Waals surface area contributed by atoms with Gasteiger partial charge >= 0.3 is 5.97 Å². The maximum absolute atomic E-state index is 14.6. The molecule has 2 aromatic rings. The van der Waals surface area contributed by atoms with Gasteiger partial charge in [-0.05, 0) is 85.8 Å². The van der Waals surface area contributed by atoms with E-state index in [0.717, 1.165) is 0 Å². The second-order valence-corrected chi connectivity index (χ2v) is 21.7. The molecule has 2 rings (SSSR count). The predicted octanol–water partition coefficient (Wildman–Crippen LogP) is -3.33. The fraction of sp³-hybridized carbons (Fsp3) is 0.564. The van der Waals surface area contributed by atoms with Gasteiger partial charge in [-0.2, -0.15) is 12.6 Å². The average Bonchev–Trinajstić information content (AvgIpc) is 3.64. The number of aliphatic hydroxyl groups excluding tert-OH is 1. The number of phenols is 2. The molecule has 0 radical (unpaired) electrons. The van der Waals surface area contributed by atoms with Crippen molar-refractivity contribution in [1.29, 1.82) is 0 Å². The summed E-state index contributed by atoms with van der Waals surface area (Å²) in [5, 5.41) is 62.3. The number of nitrogens with one attached hydrogen (secondary N) is 9. The molecule has 0 saturated heterocycles. The van der Waals surface area contributed by atoms with Crippen LogP contribution in [0.4, 0.5) is 0 Å². The van der Waals surface area contributed by atoms with Crippen LogP contribution in [0, 0.1) is 17.8 Å². The molecule has 0 aliphatic heterocycles. The number of guanidine groups is 1. The number of carboxylic acids is 1. The van der Waals surface area contributed by atoms with Crippen LogP contribution in [0.3, 0.4) is 0 Å². The first-order valence-corrected chi connectivity index (χ1v) is 28.4. The smallest absolute Gasteiger partial charge is 0.326 e. The van der Waals surface area contributed by atoms with Crippen LogP contribution in [-0.4, -0.2) is 171 Å². The van der Waals surface area contributed by atoms with Gasteiger partial charge in [0.25, 0.3) is 0 Å². The molecular weight excluding hydrogens is 1130 g/mol. The lowest BCUT2D eigenvalue weighted by atomic mass is 9.96. The Morgan fingerprint density at radius 3 is 1.44 bits per heavy atom. The van der Waals surface area contributed by atoms with Crippen LogP contribution < -0.4 is 70.8 Å². The van der Waals surface area contributed by atoms with Gasteiger partial charge in [0.05, 0.1) is 12.6 Å². The molecule has 0 unspecified atom stereocenters. The highest BCUT2D eigenvalue weighted by Gasteiger charge is 2.37. The summed E-state index contributed by atoms with van der Waals surface area (Å²) >= 11 is 4.14. The van der Waals surface area contributed by atoms with E-state index in [-0.39, 0.29) is 80.1 Å². The normalized spacial score (nSPS) is 15.0. The predicted molar refractivity (Wildman–Crippen MR) is 315 cm³/mol. The highest BCUT2D eigenvalue weighted by molar-refractivity contribution is 7.80. The Morgan fingerprint density at radius 2 is 0.965 bits per heavy atom. The molecule has 0 aliphatic rings. The third-order valence-corrected chi connectivity index (χ3v) is 13.8. The standard InChI is InChI=1S/C55H86N14O15S/c1-8-29(6)44(53(82)63-35(10-9-21-60-55(58)59)46(75)61-30(7)45(74)68-41(26-85)51(80)66-39(54(83)84)22-27(2)3)69-49(78)38(24-32-13-17-34(72)18-14-32)64-47(76)36(19-20-42(56)73)62-50(79)40(25-70)67-48(77)37(65-52(81)43(57)28(4)5)23-31-11-15-33(71)16-12-31/h11-18,27-30,35-41,43-44,70-72,85H,8-10,19-26,57H2,1-7H3,(H2,56,73)(H,61,75)(H,62,79)(H,63,82)(H,64,76)(H,65,81)(H,66,80)(H,67,77)(H,68,74)(H,69,78)(H,83,84)(H4,58,59,60)/t29-,30-,35-,36-,37-,38-,39-,40-,41-,43-,44-/m0/s1. The van der Waals surface area contributed by atoms with Crippen molar-refractivity contribution in [3.63, 3.8) is 0 Å². The summed E-state index contributed by atoms with van der Waals surface area (Å²) in [4.78, 5) is 152. The first-order chi connectivity index (χ1) is 39.9. The summed E-state index contributed by atoms with van der Waals surface area (Å²) in [7, 11) is 0. The molecule has 472 valence electrons. The van der Waals surface area contributed by atoms with E-state index in [1.807, 2.05) is 0 Å². The quantitative estimate of drug-likeness (QED) is 0.0136. The number of aliphatic carboxylic acids is 1. The minimum Gasteiger partial charge on any atom is -0.508 e. The minimum absolute atomic E-state index is 0.00158. The highest BCUT2D eigenvalue weighted by Crippen LogP contribution is 2.16. The summed E-state index contributed by atoms with van der Waals surface area (Å²) in [5.74, 6) is -12.4. The Hall–Kier alpha value is -8.25. The number of phenolic OH excluding ortho intramolecular Hbond substituents is 2. The van der Waals surface area contributed by atoms with E-state index in [9.17, 15) is 73.2 Å². The molecule has 21 N–H and O–H groups in total. The van der Waals surface area contributed by atoms with Crippen LogP contribution in [0.1, 0.15) is 98.1 Å². The Labute approximate surface area is 498 Å². The number of carboxylic acid groups (broad SMARTS) is 1. The first kappa shape index (κ1) is 72.9. The number of rotatable bonds is 37. The number of amides is 10. The molecule has 0 saturated carbocycles. The fourth-order valence-corrected chi connectivity index (χ4v) is 8.37. The van der Waals surface area contributed by atoms with Crippen molar-refractivity contribution in [3.05, 3.63) is 59.7 Å². The van der Waals surface area contributed by atoms with Gasteiger partial charge in [0.15, 0.2) is 5.96 Å². The number of benzene rings is 2. The number of carbonyl (C=O) groups excluding carboxylic acids is 10. The van der Waals surface area contributed by atoms with Gasteiger partial charge in [-0.15, -0.1) is 0 Å². The molecule has 0 bridgehead atoms. The molecule has 11 atom stereocenters. The topological polar surface area (TPSA) is 493 Å². The van der Waals surface area contributed by atoms with Gasteiger partial charge in [-0.3, -0.25) is 52.9 Å². The number of carbonyl (C=O) groups is 11. The number of aliphatic imine (C=N–C) groups is 1. The van der Waals surface area contributed by atoms with Gasteiger partial charge in [0, 0.05) is 31.6 Å². The van der Waals surface area contributed by atoms with Crippen molar-refractivity contribution in [2.75, 3.05) is 18.9 Å². The van der Waals surface area contributed by atoms with E-state index >= 15 is 0 Å². The molecular formula is C55H86N14O15S.